The zero-order valence-corrected chi connectivity index (χ0v) is 7.83. The Bertz CT molecular complexity index is 352. The summed E-state index contributed by atoms with van der Waals surface area (Å²) >= 11 is 0. The Labute approximate surface area is 81.4 Å². The third-order valence-corrected chi connectivity index (χ3v) is 2.08. The fraction of sp³-hybridized carbons (Fsp3) is 0.300. The summed E-state index contributed by atoms with van der Waals surface area (Å²) in [4.78, 5) is 10.6. The van der Waals surface area contributed by atoms with E-state index in [1.54, 1.807) is 0 Å². The molecule has 4 heteroatoms. The van der Waals surface area contributed by atoms with E-state index in [0.29, 0.717) is 6.42 Å². The predicted octanol–water partition coefficient (Wildman–Crippen LogP) is 1.93. The molecular formula is C10H12FNO2. The van der Waals surface area contributed by atoms with Crippen molar-refractivity contribution in [2.45, 2.75) is 19.4 Å². The Morgan fingerprint density at radius 3 is 2.79 bits per heavy atom. The molecule has 3 nitrogen and oxygen atoms in total. The molecular weight excluding hydrogens is 185 g/mol. The highest BCUT2D eigenvalue weighted by molar-refractivity contribution is 5.87. The average molecular weight is 197 g/mol. The van der Waals surface area contributed by atoms with Crippen molar-refractivity contribution < 1.29 is 14.3 Å². The lowest BCUT2D eigenvalue weighted by molar-refractivity contribution is 0.0696. The number of halogens is 1. The van der Waals surface area contributed by atoms with E-state index < -0.39 is 17.8 Å². The maximum Gasteiger partial charge on any atom is 0.335 e. The first kappa shape index (κ1) is 10.7. The van der Waals surface area contributed by atoms with E-state index in [1.807, 2.05) is 6.92 Å². The SMILES string of the molecule is CCC(N)c1cc(C(=O)O)ccc1F. The second kappa shape index (κ2) is 4.19. The van der Waals surface area contributed by atoms with E-state index in [4.69, 9.17) is 10.8 Å². The van der Waals surface area contributed by atoms with E-state index in [0.717, 1.165) is 6.07 Å². The third kappa shape index (κ3) is 2.09. The van der Waals surface area contributed by atoms with Gasteiger partial charge >= 0.3 is 5.97 Å². The van der Waals surface area contributed by atoms with E-state index in [2.05, 4.69) is 0 Å². The van der Waals surface area contributed by atoms with Gasteiger partial charge in [-0.1, -0.05) is 6.92 Å². The molecule has 0 aliphatic rings. The minimum atomic E-state index is -1.07. The smallest absolute Gasteiger partial charge is 0.335 e. The number of nitrogens with two attached hydrogens (primary N) is 1. The molecule has 1 aromatic carbocycles. The quantitative estimate of drug-likeness (QED) is 0.778. The topological polar surface area (TPSA) is 63.3 Å². The van der Waals surface area contributed by atoms with Gasteiger partial charge in [0.05, 0.1) is 5.56 Å². The first-order valence-corrected chi connectivity index (χ1v) is 4.34. The van der Waals surface area contributed by atoms with Crippen LogP contribution in [0.4, 0.5) is 4.39 Å². The molecule has 0 heterocycles. The Morgan fingerprint density at radius 2 is 2.29 bits per heavy atom. The first-order chi connectivity index (χ1) is 6.56. The second-order valence-electron chi connectivity index (χ2n) is 3.06. The van der Waals surface area contributed by atoms with Gasteiger partial charge in [-0.2, -0.15) is 0 Å². The van der Waals surface area contributed by atoms with E-state index in [9.17, 15) is 9.18 Å². The number of aromatic carboxylic acids is 1. The van der Waals surface area contributed by atoms with Crippen LogP contribution in [0.5, 0.6) is 0 Å². The molecule has 0 saturated carbocycles. The largest absolute Gasteiger partial charge is 0.478 e. The summed E-state index contributed by atoms with van der Waals surface area (Å²) in [6.07, 6.45) is 0.569. The van der Waals surface area contributed by atoms with Crippen LogP contribution in [0.2, 0.25) is 0 Å². The molecule has 0 aliphatic carbocycles. The maximum atomic E-state index is 13.2. The lowest BCUT2D eigenvalue weighted by atomic mass is 10.0. The van der Waals surface area contributed by atoms with Gasteiger partial charge in [-0.15, -0.1) is 0 Å². The molecule has 0 saturated heterocycles. The van der Waals surface area contributed by atoms with Crippen molar-refractivity contribution in [3.8, 4) is 0 Å². The van der Waals surface area contributed by atoms with Gasteiger partial charge in [0.1, 0.15) is 5.82 Å². The number of carboxylic acid groups (broad SMARTS) is 1. The van der Waals surface area contributed by atoms with Crippen LogP contribution in [0, 0.1) is 5.82 Å². The summed E-state index contributed by atoms with van der Waals surface area (Å²) in [7, 11) is 0. The molecule has 0 radical (unpaired) electrons. The summed E-state index contributed by atoms with van der Waals surface area (Å²) in [5.74, 6) is -1.53. The highest BCUT2D eigenvalue weighted by atomic mass is 19.1. The van der Waals surface area contributed by atoms with Gasteiger partial charge in [0.15, 0.2) is 0 Å². The van der Waals surface area contributed by atoms with Gasteiger partial charge in [0.2, 0.25) is 0 Å². The molecule has 76 valence electrons. The zero-order valence-electron chi connectivity index (χ0n) is 7.83. The number of hydrogen-bond donors (Lipinski definition) is 2. The summed E-state index contributed by atoms with van der Waals surface area (Å²) in [5, 5.41) is 8.69. The number of benzene rings is 1. The minimum absolute atomic E-state index is 0.0605. The van der Waals surface area contributed by atoms with Crippen molar-refractivity contribution >= 4 is 5.97 Å². The fourth-order valence-electron chi connectivity index (χ4n) is 1.18. The van der Waals surface area contributed by atoms with E-state index >= 15 is 0 Å². The lowest BCUT2D eigenvalue weighted by Crippen LogP contribution is -2.12. The van der Waals surface area contributed by atoms with Gasteiger partial charge in [0.25, 0.3) is 0 Å². The molecule has 1 atom stereocenters. The molecule has 14 heavy (non-hydrogen) atoms. The first-order valence-electron chi connectivity index (χ1n) is 4.34. The number of rotatable bonds is 3. The molecule has 3 N–H and O–H groups in total. The fourth-order valence-corrected chi connectivity index (χ4v) is 1.18. The van der Waals surface area contributed by atoms with Crippen molar-refractivity contribution in [1.82, 2.24) is 0 Å². The molecule has 0 amide bonds. The number of carboxylic acids is 1. The molecule has 0 aromatic heterocycles. The molecule has 1 aromatic rings. The standard InChI is InChI=1S/C10H12FNO2/c1-2-9(12)7-5-6(10(13)14)3-4-8(7)11/h3-5,9H,2,12H2,1H3,(H,13,14). The summed E-state index contributed by atoms with van der Waals surface area (Å²) in [6, 6.07) is 3.19. The van der Waals surface area contributed by atoms with Crippen molar-refractivity contribution in [3.63, 3.8) is 0 Å². The van der Waals surface area contributed by atoms with Gasteiger partial charge in [-0.3, -0.25) is 0 Å². The Balaban J connectivity index is 3.14. The van der Waals surface area contributed by atoms with Crippen LogP contribution in [0.25, 0.3) is 0 Å². The van der Waals surface area contributed by atoms with Crippen LogP contribution in [-0.2, 0) is 0 Å². The highest BCUT2D eigenvalue weighted by Gasteiger charge is 2.12. The minimum Gasteiger partial charge on any atom is -0.478 e. The van der Waals surface area contributed by atoms with Crippen LogP contribution in [0.3, 0.4) is 0 Å². The number of hydrogen-bond acceptors (Lipinski definition) is 2. The third-order valence-electron chi connectivity index (χ3n) is 2.08. The van der Waals surface area contributed by atoms with Crippen LogP contribution < -0.4 is 5.73 Å². The predicted molar refractivity (Wildman–Crippen MR) is 50.6 cm³/mol. The monoisotopic (exact) mass is 197 g/mol. The summed E-state index contributed by atoms with van der Waals surface area (Å²) in [6.45, 7) is 1.82. The van der Waals surface area contributed by atoms with Gasteiger partial charge in [-0.05, 0) is 24.6 Å². The van der Waals surface area contributed by atoms with Crippen LogP contribution in [-0.4, -0.2) is 11.1 Å². The molecule has 0 spiro atoms. The molecule has 0 aliphatic heterocycles. The Hall–Kier alpha value is -1.42. The molecule has 0 fully saturated rings. The summed E-state index contributed by atoms with van der Waals surface area (Å²) in [5.41, 5.74) is 5.95. The molecule has 0 bridgehead atoms. The normalized spacial score (nSPS) is 12.5. The maximum absolute atomic E-state index is 13.2. The Morgan fingerprint density at radius 1 is 1.64 bits per heavy atom. The molecule has 1 rings (SSSR count). The zero-order chi connectivity index (χ0) is 10.7. The molecule has 1 unspecified atom stereocenters. The van der Waals surface area contributed by atoms with Gasteiger partial charge in [-0.25, -0.2) is 9.18 Å². The van der Waals surface area contributed by atoms with Crippen molar-refractivity contribution in [2.75, 3.05) is 0 Å². The van der Waals surface area contributed by atoms with Crippen molar-refractivity contribution in [3.05, 3.63) is 35.1 Å². The number of carbonyl (C=O) groups is 1. The van der Waals surface area contributed by atoms with Gasteiger partial charge in [0, 0.05) is 11.6 Å². The van der Waals surface area contributed by atoms with Gasteiger partial charge < -0.3 is 10.8 Å². The van der Waals surface area contributed by atoms with Crippen molar-refractivity contribution in [1.29, 1.82) is 0 Å². The Kier molecular flexibility index (Phi) is 3.19. The summed E-state index contributed by atoms with van der Waals surface area (Å²) < 4.78 is 13.2. The lowest BCUT2D eigenvalue weighted by Gasteiger charge is -2.10. The van der Waals surface area contributed by atoms with Crippen LogP contribution >= 0.6 is 0 Å². The second-order valence-corrected chi connectivity index (χ2v) is 3.06. The average Bonchev–Trinajstić information content (AvgIpc) is 2.17. The highest BCUT2D eigenvalue weighted by Crippen LogP contribution is 2.19. The van der Waals surface area contributed by atoms with Crippen LogP contribution in [0.1, 0.15) is 35.3 Å². The van der Waals surface area contributed by atoms with E-state index in [-0.39, 0.29) is 11.1 Å². The van der Waals surface area contributed by atoms with Crippen molar-refractivity contribution in [2.24, 2.45) is 5.73 Å². The van der Waals surface area contributed by atoms with E-state index in [1.165, 1.54) is 12.1 Å². The van der Waals surface area contributed by atoms with Crippen LogP contribution in [0.15, 0.2) is 18.2 Å².